The van der Waals surface area contributed by atoms with E-state index in [0.29, 0.717) is 5.69 Å². The summed E-state index contributed by atoms with van der Waals surface area (Å²) in [7, 11) is -3.59. The summed E-state index contributed by atoms with van der Waals surface area (Å²) in [6.45, 7) is 1.37. The predicted molar refractivity (Wildman–Crippen MR) is 87.6 cm³/mol. The second-order valence-corrected chi connectivity index (χ2v) is 7.75. The quantitative estimate of drug-likeness (QED) is 0.823. The van der Waals surface area contributed by atoms with Gasteiger partial charge in [0.25, 0.3) is 0 Å². The van der Waals surface area contributed by atoms with Gasteiger partial charge >= 0.3 is 0 Å². The van der Waals surface area contributed by atoms with Crippen molar-refractivity contribution in [2.75, 3.05) is 5.32 Å². The first-order valence-electron chi connectivity index (χ1n) is 7.48. The maximum atomic E-state index is 12.4. The van der Waals surface area contributed by atoms with E-state index in [1.54, 1.807) is 0 Å². The molecule has 0 saturated heterocycles. The number of anilines is 1. The molecule has 22 heavy (non-hydrogen) atoms. The highest BCUT2D eigenvalue weighted by atomic mass is 35.5. The molecule has 0 unspecified atom stereocenters. The molecule has 122 valence electrons. The number of carbonyl (C=O) groups is 1. The molecule has 2 N–H and O–H groups in total. The van der Waals surface area contributed by atoms with E-state index in [1.165, 1.54) is 25.1 Å². The highest BCUT2D eigenvalue weighted by Gasteiger charge is 2.22. The number of sulfonamides is 1. The summed E-state index contributed by atoms with van der Waals surface area (Å²) >= 11 is 6.04. The summed E-state index contributed by atoms with van der Waals surface area (Å²) in [5.74, 6) is -0.255. The van der Waals surface area contributed by atoms with E-state index in [9.17, 15) is 13.2 Å². The zero-order chi connectivity index (χ0) is 16.2. The van der Waals surface area contributed by atoms with Gasteiger partial charge in [-0.15, -0.1) is 0 Å². The fraction of sp³-hybridized carbons (Fsp3) is 0.533. The van der Waals surface area contributed by atoms with E-state index < -0.39 is 10.0 Å². The third-order valence-electron chi connectivity index (χ3n) is 3.74. The number of nitrogens with one attached hydrogen (secondary N) is 2. The van der Waals surface area contributed by atoms with E-state index in [2.05, 4.69) is 10.0 Å². The Labute approximate surface area is 136 Å². The Morgan fingerprint density at radius 2 is 1.82 bits per heavy atom. The largest absolute Gasteiger partial charge is 0.325 e. The second kappa shape index (κ2) is 7.44. The van der Waals surface area contributed by atoms with Gasteiger partial charge in [0.05, 0.1) is 15.6 Å². The Morgan fingerprint density at radius 1 is 1.18 bits per heavy atom. The lowest BCUT2D eigenvalue weighted by molar-refractivity contribution is -0.114. The van der Waals surface area contributed by atoms with Crippen LogP contribution in [0.1, 0.15) is 45.4 Å². The van der Waals surface area contributed by atoms with Gasteiger partial charge in [0.1, 0.15) is 0 Å². The standard InChI is InChI=1S/C15H21ClN2O3S/c1-11(19)17-15-9-8-13(10-14(15)16)22(20,21)18-12-6-4-2-3-5-7-12/h8-10,12,18H,2-7H2,1H3,(H,17,19). The fourth-order valence-electron chi connectivity index (χ4n) is 2.64. The summed E-state index contributed by atoms with van der Waals surface area (Å²) in [4.78, 5) is 11.2. The van der Waals surface area contributed by atoms with Gasteiger partial charge in [0.15, 0.2) is 0 Å². The summed E-state index contributed by atoms with van der Waals surface area (Å²) in [6.07, 6.45) is 6.17. The van der Waals surface area contributed by atoms with Gasteiger partial charge in [-0.3, -0.25) is 4.79 Å². The molecule has 0 aromatic heterocycles. The molecule has 1 aliphatic rings. The van der Waals surface area contributed by atoms with Crippen LogP contribution in [0, 0.1) is 0 Å². The lowest BCUT2D eigenvalue weighted by Crippen LogP contribution is -2.34. The van der Waals surface area contributed by atoms with Crippen LogP contribution in [0.15, 0.2) is 23.1 Å². The Kier molecular flexibility index (Phi) is 5.83. The van der Waals surface area contributed by atoms with Gasteiger partial charge < -0.3 is 5.32 Å². The first-order chi connectivity index (χ1) is 10.4. The van der Waals surface area contributed by atoms with Crippen molar-refractivity contribution in [3.05, 3.63) is 23.2 Å². The lowest BCUT2D eigenvalue weighted by atomic mass is 10.1. The van der Waals surface area contributed by atoms with E-state index in [0.717, 1.165) is 38.5 Å². The molecule has 0 bridgehead atoms. The Morgan fingerprint density at radius 3 is 2.36 bits per heavy atom. The maximum Gasteiger partial charge on any atom is 0.240 e. The number of hydrogen-bond acceptors (Lipinski definition) is 3. The molecular weight excluding hydrogens is 324 g/mol. The molecule has 7 heteroatoms. The van der Waals surface area contributed by atoms with Crippen molar-refractivity contribution in [1.82, 2.24) is 4.72 Å². The van der Waals surface area contributed by atoms with Crippen LogP contribution < -0.4 is 10.0 Å². The molecule has 0 aliphatic heterocycles. The van der Waals surface area contributed by atoms with E-state index in [-0.39, 0.29) is 21.9 Å². The van der Waals surface area contributed by atoms with E-state index in [4.69, 9.17) is 11.6 Å². The molecule has 0 spiro atoms. The van der Waals surface area contributed by atoms with Crippen LogP contribution in [-0.4, -0.2) is 20.4 Å². The molecule has 0 heterocycles. The SMILES string of the molecule is CC(=O)Nc1ccc(S(=O)(=O)NC2CCCCCC2)cc1Cl. The normalized spacial score (nSPS) is 17.0. The number of halogens is 1. The van der Waals surface area contributed by atoms with Crippen molar-refractivity contribution < 1.29 is 13.2 Å². The van der Waals surface area contributed by atoms with Crippen LogP contribution in [-0.2, 0) is 14.8 Å². The highest BCUT2D eigenvalue weighted by Crippen LogP contribution is 2.26. The van der Waals surface area contributed by atoms with Gasteiger partial charge in [-0.1, -0.05) is 37.3 Å². The zero-order valence-corrected chi connectivity index (χ0v) is 14.1. The molecule has 1 aromatic carbocycles. The monoisotopic (exact) mass is 344 g/mol. The Bertz CT molecular complexity index is 638. The number of amides is 1. The Hall–Kier alpha value is -1.11. The molecular formula is C15H21ClN2O3S. The minimum absolute atomic E-state index is 0.0127. The average Bonchev–Trinajstić information content (AvgIpc) is 2.68. The minimum Gasteiger partial charge on any atom is -0.325 e. The fourth-order valence-corrected chi connectivity index (χ4v) is 4.26. The smallest absolute Gasteiger partial charge is 0.240 e. The van der Waals surface area contributed by atoms with Crippen molar-refractivity contribution in [2.24, 2.45) is 0 Å². The van der Waals surface area contributed by atoms with Gasteiger partial charge in [-0.25, -0.2) is 13.1 Å². The summed E-state index contributed by atoms with van der Waals surface area (Å²) < 4.78 is 27.6. The van der Waals surface area contributed by atoms with Crippen LogP contribution in [0.25, 0.3) is 0 Å². The van der Waals surface area contributed by atoms with Crippen LogP contribution >= 0.6 is 11.6 Å². The molecule has 5 nitrogen and oxygen atoms in total. The van der Waals surface area contributed by atoms with E-state index >= 15 is 0 Å². The van der Waals surface area contributed by atoms with Crippen molar-refractivity contribution >= 4 is 33.2 Å². The third kappa shape index (κ3) is 4.69. The van der Waals surface area contributed by atoms with Gasteiger partial charge in [0, 0.05) is 13.0 Å². The zero-order valence-electron chi connectivity index (χ0n) is 12.6. The van der Waals surface area contributed by atoms with Crippen LogP contribution in [0.4, 0.5) is 5.69 Å². The minimum atomic E-state index is -3.59. The summed E-state index contributed by atoms with van der Waals surface area (Å²) in [5, 5.41) is 2.76. The molecule has 1 saturated carbocycles. The number of carbonyl (C=O) groups excluding carboxylic acids is 1. The molecule has 1 fully saturated rings. The van der Waals surface area contributed by atoms with Gasteiger partial charge in [-0.05, 0) is 31.0 Å². The molecule has 2 rings (SSSR count). The van der Waals surface area contributed by atoms with Crippen molar-refractivity contribution in [3.63, 3.8) is 0 Å². The molecule has 1 aliphatic carbocycles. The molecule has 1 amide bonds. The van der Waals surface area contributed by atoms with Crippen LogP contribution in [0.5, 0.6) is 0 Å². The Balaban J connectivity index is 2.14. The molecule has 0 atom stereocenters. The maximum absolute atomic E-state index is 12.4. The first kappa shape index (κ1) is 17.2. The predicted octanol–water partition coefficient (Wildman–Crippen LogP) is 3.30. The van der Waals surface area contributed by atoms with Crippen molar-refractivity contribution in [1.29, 1.82) is 0 Å². The number of rotatable bonds is 4. The molecule has 0 radical (unpaired) electrons. The molecule has 1 aromatic rings. The highest BCUT2D eigenvalue weighted by molar-refractivity contribution is 7.89. The van der Waals surface area contributed by atoms with Crippen LogP contribution in [0.3, 0.4) is 0 Å². The average molecular weight is 345 g/mol. The van der Waals surface area contributed by atoms with Gasteiger partial charge in [-0.2, -0.15) is 0 Å². The van der Waals surface area contributed by atoms with Crippen molar-refractivity contribution in [2.45, 2.75) is 56.4 Å². The number of benzene rings is 1. The second-order valence-electron chi connectivity index (χ2n) is 5.63. The van der Waals surface area contributed by atoms with E-state index in [1.807, 2.05) is 0 Å². The summed E-state index contributed by atoms with van der Waals surface area (Å²) in [6, 6.07) is 4.31. The first-order valence-corrected chi connectivity index (χ1v) is 9.34. The van der Waals surface area contributed by atoms with Gasteiger partial charge in [0.2, 0.25) is 15.9 Å². The summed E-state index contributed by atoms with van der Waals surface area (Å²) in [5.41, 5.74) is 0.405. The third-order valence-corrected chi connectivity index (χ3v) is 5.57. The van der Waals surface area contributed by atoms with Crippen LogP contribution in [0.2, 0.25) is 5.02 Å². The number of hydrogen-bond donors (Lipinski definition) is 2. The topological polar surface area (TPSA) is 75.3 Å². The lowest BCUT2D eigenvalue weighted by Gasteiger charge is -2.17. The van der Waals surface area contributed by atoms with Crippen molar-refractivity contribution in [3.8, 4) is 0 Å².